The lowest BCUT2D eigenvalue weighted by molar-refractivity contribution is -0.155. The summed E-state index contributed by atoms with van der Waals surface area (Å²) in [5, 5.41) is 20.9. The third kappa shape index (κ3) is 3.72. The highest BCUT2D eigenvalue weighted by molar-refractivity contribution is 5.79. The van der Waals surface area contributed by atoms with Gasteiger partial charge in [0.2, 0.25) is 0 Å². The van der Waals surface area contributed by atoms with Crippen LogP contribution in [-0.2, 0) is 17.6 Å². The van der Waals surface area contributed by atoms with Gasteiger partial charge in [0.1, 0.15) is 0 Å². The Morgan fingerprint density at radius 2 is 1.76 bits per heavy atom. The average Bonchev–Trinajstić information content (AvgIpc) is 2.67. The standard InChI is InChI=1S/C15H20N2O4/c1-15(21,13(18)19)10-16-14(20)17-8-6-11-4-2-3-5-12(11)7-9-17/h2-5,21H,6-10H2,1H3,(H,16,20)(H,18,19). The van der Waals surface area contributed by atoms with Gasteiger partial charge in [0.05, 0.1) is 6.54 Å². The zero-order valence-electron chi connectivity index (χ0n) is 12.0. The molecule has 2 rings (SSSR count). The molecule has 0 spiro atoms. The van der Waals surface area contributed by atoms with E-state index >= 15 is 0 Å². The van der Waals surface area contributed by atoms with Crippen molar-refractivity contribution in [3.8, 4) is 0 Å². The lowest BCUT2D eigenvalue weighted by Crippen LogP contribution is -2.50. The Labute approximate surface area is 123 Å². The molecule has 0 fully saturated rings. The molecule has 1 aromatic carbocycles. The van der Waals surface area contributed by atoms with Gasteiger partial charge in [-0.2, -0.15) is 0 Å². The van der Waals surface area contributed by atoms with E-state index in [-0.39, 0.29) is 12.6 Å². The highest BCUT2D eigenvalue weighted by atomic mass is 16.4. The fourth-order valence-corrected chi connectivity index (χ4v) is 2.31. The van der Waals surface area contributed by atoms with Gasteiger partial charge in [-0.3, -0.25) is 0 Å². The maximum Gasteiger partial charge on any atom is 0.337 e. The minimum Gasteiger partial charge on any atom is -0.479 e. The van der Waals surface area contributed by atoms with E-state index in [0.717, 1.165) is 19.8 Å². The van der Waals surface area contributed by atoms with Crippen molar-refractivity contribution in [2.75, 3.05) is 19.6 Å². The molecule has 3 N–H and O–H groups in total. The number of urea groups is 1. The zero-order valence-corrected chi connectivity index (χ0v) is 12.0. The topological polar surface area (TPSA) is 89.9 Å². The van der Waals surface area contributed by atoms with Gasteiger partial charge < -0.3 is 20.4 Å². The second-order valence-electron chi connectivity index (χ2n) is 5.49. The van der Waals surface area contributed by atoms with Gasteiger partial charge >= 0.3 is 12.0 Å². The predicted octanol–water partition coefficient (Wildman–Crippen LogP) is 0.632. The first kappa shape index (κ1) is 15.3. The maximum absolute atomic E-state index is 12.1. The lowest BCUT2D eigenvalue weighted by atomic mass is 10.0. The highest BCUT2D eigenvalue weighted by Gasteiger charge is 2.31. The first-order valence-electron chi connectivity index (χ1n) is 6.95. The van der Waals surface area contributed by atoms with Gasteiger partial charge in [0.15, 0.2) is 5.60 Å². The molecule has 21 heavy (non-hydrogen) atoms. The molecular weight excluding hydrogens is 272 g/mol. The fraction of sp³-hybridized carbons (Fsp3) is 0.467. The Balaban J connectivity index is 1.92. The van der Waals surface area contributed by atoms with E-state index < -0.39 is 11.6 Å². The Morgan fingerprint density at radius 1 is 1.24 bits per heavy atom. The van der Waals surface area contributed by atoms with E-state index in [4.69, 9.17) is 5.11 Å². The van der Waals surface area contributed by atoms with E-state index in [1.807, 2.05) is 12.1 Å². The SMILES string of the molecule is CC(O)(CNC(=O)N1CCc2ccccc2CC1)C(=O)O. The summed E-state index contributed by atoms with van der Waals surface area (Å²) in [6.45, 7) is 2.01. The van der Waals surface area contributed by atoms with Gasteiger partial charge in [-0.05, 0) is 30.9 Å². The molecule has 1 unspecified atom stereocenters. The Hall–Kier alpha value is -2.08. The van der Waals surface area contributed by atoms with Crippen LogP contribution in [0.1, 0.15) is 18.1 Å². The molecule has 0 radical (unpaired) electrons. The molecule has 114 valence electrons. The van der Waals surface area contributed by atoms with Gasteiger partial charge in [-0.1, -0.05) is 24.3 Å². The van der Waals surface area contributed by atoms with Crippen molar-refractivity contribution in [1.29, 1.82) is 0 Å². The van der Waals surface area contributed by atoms with E-state index in [1.54, 1.807) is 4.90 Å². The number of hydrogen-bond acceptors (Lipinski definition) is 3. The van der Waals surface area contributed by atoms with Crippen LogP contribution in [0.15, 0.2) is 24.3 Å². The van der Waals surface area contributed by atoms with Crippen LogP contribution in [0.3, 0.4) is 0 Å². The Bertz CT molecular complexity index is 515. The van der Waals surface area contributed by atoms with Gasteiger partial charge in [-0.15, -0.1) is 0 Å². The molecule has 6 nitrogen and oxygen atoms in total. The van der Waals surface area contributed by atoms with E-state index in [1.165, 1.54) is 11.1 Å². The fourth-order valence-electron chi connectivity index (χ4n) is 2.31. The number of aliphatic carboxylic acids is 1. The lowest BCUT2D eigenvalue weighted by Gasteiger charge is -2.24. The van der Waals surface area contributed by atoms with E-state index in [9.17, 15) is 14.7 Å². The molecule has 0 aliphatic carbocycles. The minimum atomic E-state index is -1.95. The largest absolute Gasteiger partial charge is 0.479 e. The average molecular weight is 292 g/mol. The minimum absolute atomic E-state index is 0.315. The second kappa shape index (κ2) is 6.13. The molecule has 1 atom stereocenters. The maximum atomic E-state index is 12.1. The van der Waals surface area contributed by atoms with Crippen LogP contribution in [-0.4, -0.2) is 52.3 Å². The normalized spacial score (nSPS) is 17.3. The number of carbonyl (C=O) groups is 2. The Morgan fingerprint density at radius 3 is 2.24 bits per heavy atom. The number of nitrogens with one attached hydrogen (secondary N) is 1. The summed E-state index contributed by atoms with van der Waals surface area (Å²) >= 11 is 0. The van der Waals surface area contributed by atoms with Crippen molar-refractivity contribution in [2.45, 2.75) is 25.4 Å². The summed E-state index contributed by atoms with van der Waals surface area (Å²) in [6.07, 6.45) is 1.55. The van der Waals surface area contributed by atoms with Gasteiger partial charge in [0.25, 0.3) is 0 Å². The van der Waals surface area contributed by atoms with Crippen molar-refractivity contribution >= 4 is 12.0 Å². The van der Waals surface area contributed by atoms with E-state index in [2.05, 4.69) is 17.4 Å². The first-order chi connectivity index (χ1) is 9.90. The number of amides is 2. The van der Waals surface area contributed by atoms with Crippen molar-refractivity contribution in [3.63, 3.8) is 0 Å². The third-order valence-corrected chi connectivity index (χ3v) is 3.75. The predicted molar refractivity (Wildman–Crippen MR) is 77.1 cm³/mol. The molecule has 2 amide bonds. The monoisotopic (exact) mass is 292 g/mol. The molecule has 0 saturated heterocycles. The van der Waals surface area contributed by atoms with Crippen LogP contribution >= 0.6 is 0 Å². The molecule has 0 saturated carbocycles. The van der Waals surface area contributed by atoms with Crippen LogP contribution in [0, 0.1) is 0 Å². The zero-order chi connectivity index (χ0) is 15.5. The molecule has 1 aliphatic heterocycles. The van der Waals surface area contributed by atoms with E-state index in [0.29, 0.717) is 13.1 Å². The van der Waals surface area contributed by atoms with Crippen LogP contribution in [0.4, 0.5) is 4.79 Å². The second-order valence-corrected chi connectivity index (χ2v) is 5.49. The highest BCUT2D eigenvalue weighted by Crippen LogP contribution is 2.15. The number of fused-ring (bicyclic) bond motifs is 1. The van der Waals surface area contributed by atoms with Crippen molar-refractivity contribution in [2.24, 2.45) is 0 Å². The summed E-state index contributed by atoms with van der Waals surface area (Å²) in [7, 11) is 0. The number of nitrogens with zero attached hydrogens (tertiary/aromatic N) is 1. The van der Waals surface area contributed by atoms with Gasteiger partial charge in [-0.25, -0.2) is 9.59 Å². The summed E-state index contributed by atoms with van der Waals surface area (Å²) in [6, 6.07) is 7.75. The Kier molecular flexibility index (Phi) is 4.47. The number of rotatable bonds is 3. The van der Waals surface area contributed by atoms with Crippen molar-refractivity contribution in [1.82, 2.24) is 10.2 Å². The molecular formula is C15H20N2O4. The molecule has 0 bridgehead atoms. The summed E-state index contributed by atoms with van der Waals surface area (Å²) in [4.78, 5) is 24.5. The summed E-state index contributed by atoms with van der Waals surface area (Å²) in [5.74, 6) is -1.36. The smallest absolute Gasteiger partial charge is 0.337 e. The summed E-state index contributed by atoms with van der Waals surface area (Å²) in [5.41, 5.74) is 0.528. The summed E-state index contributed by atoms with van der Waals surface area (Å²) < 4.78 is 0. The van der Waals surface area contributed by atoms with Crippen LogP contribution in [0.25, 0.3) is 0 Å². The molecule has 6 heteroatoms. The quantitative estimate of drug-likeness (QED) is 0.762. The number of aliphatic hydroxyl groups is 1. The number of hydrogen-bond donors (Lipinski definition) is 3. The molecule has 1 aliphatic rings. The van der Waals surface area contributed by atoms with Gasteiger partial charge in [0, 0.05) is 13.1 Å². The molecule has 1 heterocycles. The number of carbonyl (C=O) groups excluding carboxylic acids is 1. The first-order valence-corrected chi connectivity index (χ1v) is 6.95. The van der Waals surface area contributed by atoms with Crippen LogP contribution in [0.5, 0.6) is 0 Å². The number of carboxylic acid groups (broad SMARTS) is 1. The van der Waals surface area contributed by atoms with Crippen LogP contribution < -0.4 is 5.32 Å². The third-order valence-electron chi connectivity index (χ3n) is 3.75. The van der Waals surface area contributed by atoms with Crippen molar-refractivity contribution < 1.29 is 19.8 Å². The molecule has 0 aromatic heterocycles. The number of carboxylic acids is 1. The van der Waals surface area contributed by atoms with Crippen LogP contribution in [0.2, 0.25) is 0 Å². The number of benzene rings is 1. The van der Waals surface area contributed by atoms with Crippen molar-refractivity contribution in [3.05, 3.63) is 35.4 Å². The molecule has 1 aromatic rings.